The van der Waals surface area contributed by atoms with E-state index < -0.39 is 24.5 Å². The van der Waals surface area contributed by atoms with Crippen LogP contribution in [0, 0.1) is 0 Å². The standard InChI is InChI=1S/C14H17Cl2NO5/c1-9(22-11-5-3-4-10(15)13(11)16)14(20)17(6-7-21-2)8-12(18)19/h3-5,9H,6-8H2,1-2H3,(H,18,19). The number of amides is 1. The van der Waals surface area contributed by atoms with Crippen LogP contribution >= 0.6 is 23.2 Å². The number of nitrogens with zero attached hydrogens (tertiary/aromatic N) is 1. The van der Waals surface area contributed by atoms with E-state index in [1.54, 1.807) is 18.2 Å². The number of benzene rings is 1. The molecule has 0 radical (unpaired) electrons. The first kappa shape index (κ1) is 18.5. The van der Waals surface area contributed by atoms with Crippen molar-refractivity contribution >= 4 is 35.1 Å². The van der Waals surface area contributed by atoms with Crippen LogP contribution in [0.3, 0.4) is 0 Å². The Bertz CT molecular complexity index is 538. The fraction of sp³-hybridized carbons (Fsp3) is 0.429. The second kappa shape index (κ2) is 8.82. The number of ether oxygens (including phenoxy) is 2. The second-order valence-corrected chi connectivity index (χ2v) is 5.24. The lowest BCUT2D eigenvalue weighted by molar-refractivity contribution is -0.148. The summed E-state index contributed by atoms with van der Waals surface area (Å²) in [5.74, 6) is -1.33. The molecule has 0 heterocycles. The third-order valence-electron chi connectivity index (χ3n) is 2.77. The first-order chi connectivity index (χ1) is 10.4. The predicted octanol–water partition coefficient (Wildman–Crippen LogP) is 2.32. The molecule has 1 rings (SSSR count). The average molecular weight is 350 g/mol. The molecule has 0 aromatic heterocycles. The van der Waals surface area contributed by atoms with Crippen LogP contribution in [0.1, 0.15) is 6.92 Å². The first-order valence-electron chi connectivity index (χ1n) is 6.47. The Balaban J connectivity index is 2.79. The number of carbonyl (C=O) groups is 2. The zero-order valence-corrected chi connectivity index (χ0v) is 13.7. The van der Waals surface area contributed by atoms with E-state index in [4.69, 9.17) is 37.8 Å². The van der Waals surface area contributed by atoms with E-state index in [9.17, 15) is 9.59 Å². The van der Waals surface area contributed by atoms with E-state index in [1.807, 2.05) is 0 Å². The van der Waals surface area contributed by atoms with Crippen LogP contribution in [0.25, 0.3) is 0 Å². The van der Waals surface area contributed by atoms with Gasteiger partial charge in [-0.05, 0) is 19.1 Å². The molecule has 1 N–H and O–H groups in total. The molecule has 1 aromatic carbocycles. The molecule has 122 valence electrons. The smallest absolute Gasteiger partial charge is 0.323 e. The highest BCUT2D eigenvalue weighted by atomic mass is 35.5. The summed E-state index contributed by atoms with van der Waals surface area (Å²) in [6, 6.07) is 4.81. The van der Waals surface area contributed by atoms with Gasteiger partial charge in [0.2, 0.25) is 0 Å². The van der Waals surface area contributed by atoms with Gasteiger partial charge < -0.3 is 19.5 Å². The highest BCUT2D eigenvalue weighted by Crippen LogP contribution is 2.32. The van der Waals surface area contributed by atoms with Gasteiger partial charge in [-0.15, -0.1) is 0 Å². The Morgan fingerprint density at radius 3 is 2.64 bits per heavy atom. The number of methoxy groups -OCH3 is 1. The summed E-state index contributed by atoms with van der Waals surface area (Å²) in [7, 11) is 1.47. The topological polar surface area (TPSA) is 76.1 Å². The number of hydrogen-bond acceptors (Lipinski definition) is 4. The van der Waals surface area contributed by atoms with Crippen molar-refractivity contribution in [2.45, 2.75) is 13.0 Å². The number of rotatable bonds is 8. The molecular formula is C14H17Cl2NO5. The highest BCUT2D eigenvalue weighted by molar-refractivity contribution is 6.42. The Morgan fingerprint density at radius 1 is 1.36 bits per heavy atom. The molecule has 0 aliphatic rings. The SMILES string of the molecule is COCCN(CC(=O)O)C(=O)C(C)Oc1cccc(Cl)c1Cl. The van der Waals surface area contributed by atoms with Gasteiger partial charge in [0.05, 0.1) is 11.6 Å². The number of carboxylic acids is 1. The molecule has 1 unspecified atom stereocenters. The fourth-order valence-electron chi connectivity index (χ4n) is 1.70. The number of hydrogen-bond donors (Lipinski definition) is 1. The lowest BCUT2D eigenvalue weighted by atomic mass is 10.3. The van der Waals surface area contributed by atoms with Crippen LogP contribution in [0.15, 0.2) is 18.2 Å². The van der Waals surface area contributed by atoms with Gasteiger partial charge in [-0.25, -0.2) is 0 Å². The number of aliphatic carboxylic acids is 1. The van der Waals surface area contributed by atoms with Crippen molar-refractivity contribution in [3.8, 4) is 5.75 Å². The van der Waals surface area contributed by atoms with Gasteiger partial charge in [-0.1, -0.05) is 29.3 Å². The third kappa shape index (κ3) is 5.36. The highest BCUT2D eigenvalue weighted by Gasteiger charge is 2.24. The van der Waals surface area contributed by atoms with Crippen molar-refractivity contribution in [1.29, 1.82) is 0 Å². The molecule has 0 fully saturated rings. The third-order valence-corrected chi connectivity index (χ3v) is 3.57. The summed E-state index contributed by atoms with van der Waals surface area (Å²) >= 11 is 11.9. The lowest BCUT2D eigenvalue weighted by Gasteiger charge is -2.24. The molecule has 1 aromatic rings. The first-order valence-corrected chi connectivity index (χ1v) is 7.22. The molecule has 0 aliphatic heterocycles. The van der Waals surface area contributed by atoms with Crippen LogP contribution in [0.4, 0.5) is 0 Å². The van der Waals surface area contributed by atoms with E-state index >= 15 is 0 Å². The minimum Gasteiger partial charge on any atom is -0.480 e. The number of carboxylic acid groups (broad SMARTS) is 1. The molecule has 0 saturated carbocycles. The van der Waals surface area contributed by atoms with E-state index in [2.05, 4.69) is 0 Å². The molecule has 1 amide bonds. The molecule has 0 spiro atoms. The predicted molar refractivity (Wildman–Crippen MR) is 82.6 cm³/mol. The van der Waals surface area contributed by atoms with Gasteiger partial charge in [0.15, 0.2) is 6.10 Å². The van der Waals surface area contributed by atoms with Crippen LogP contribution < -0.4 is 4.74 Å². The van der Waals surface area contributed by atoms with E-state index in [0.29, 0.717) is 5.02 Å². The van der Waals surface area contributed by atoms with E-state index in [1.165, 1.54) is 14.0 Å². The van der Waals surface area contributed by atoms with Gasteiger partial charge in [-0.2, -0.15) is 0 Å². The summed E-state index contributed by atoms with van der Waals surface area (Å²) in [4.78, 5) is 24.3. The normalized spacial score (nSPS) is 11.8. The van der Waals surface area contributed by atoms with Crippen molar-refractivity contribution in [2.75, 3.05) is 26.8 Å². The molecular weight excluding hydrogens is 333 g/mol. The summed E-state index contributed by atoms with van der Waals surface area (Å²) < 4.78 is 10.4. The van der Waals surface area contributed by atoms with Gasteiger partial charge >= 0.3 is 5.97 Å². The molecule has 8 heteroatoms. The summed E-state index contributed by atoms with van der Waals surface area (Å²) in [6.45, 7) is 1.46. The van der Waals surface area contributed by atoms with Crippen molar-refractivity contribution in [1.82, 2.24) is 4.90 Å². The van der Waals surface area contributed by atoms with Crippen molar-refractivity contribution < 1.29 is 24.2 Å². The van der Waals surface area contributed by atoms with Crippen LogP contribution in [-0.4, -0.2) is 54.8 Å². The Labute approximate surface area is 138 Å². The Kier molecular flexibility index (Phi) is 7.44. The van der Waals surface area contributed by atoms with Crippen molar-refractivity contribution in [2.24, 2.45) is 0 Å². The van der Waals surface area contributed by atoms with Gasteiger partial charge in [0, 0.05) is 13.7 Å². The zero-order valence-electron chi connectivity index (χ0n) is 12.2. The van der Waals surface area contributed by atoms with Crippen LogP contribution in [-0.2, 0) is 14.3 Å². The monoisotopic (exact) mass is 349 g/mol. The average Bonchev–Trinajstić information content (AvgIpc) is 2.47. The largest absolute Gasteiger partial charge is 0.480 e. The molecule has 0 bridgehead atoms. The summed E-state index contributed by atoms with van der Waals surface area (Å²) in [6.07, 6.45) is -0.910. The van der Waals surface area contributed by atoms with Crippen molar-refractivity contribution in [3.63, 3.8) is 0 Å². The van der Waals surface area contributed by atoms with Crippen LogP contribution in [0.5, 0.6) is 5.75 Å². The molecule has 0 aliphatic carbocycles. The maximum absolute atomic E-state index is 12.3. The van der Waals surface area contributed by atoms with E-state index in [-0.39, 0.29) is 23.9 Å². The van der Waals surface area contributed by atoms with Crippen molar-refractivity contribution in [3.05, 3.63) is 28.2 Å². The summed E-state index contributed by atoms with van der Waals surface area (Å²) in [5, 5.41) is 9.38. The van der Waals surface area contributed by atoms with Crippen LogP contribution in [0.2, 0.25) is 10.0 Å². The maximum atomic E-state index is 12.3. The van der Waals surface area contributed by atoms with Gasteiger partial charge in [-0.3, -0.25) is 9.59 Å². The van der Waals surface area contributed by atoms with Gasteiger partial charge in [0.25, 0.3) is 5.91 Å². The maximum Gasteiger partial charge on any atom is 0.323 e. The molecule has 22 heavy (non-hydrogen) atoms. The number of carbonyl (C=O) groups excluding carboxylic acids is 1. The minimum atomic E-state index is -1.11. The Morgan fingerprint density at radius 2 is 2.05 bits per heavy atom. The summed E-state index contributed by atoms with van der Waals surface area (Å²) in [5.41, 5.74) is 0. The Hall–Kier alpha value is -1.50. The quantitative estimate of drug-likeness (QED) is 0.779. The lowest BCUT2D eigenvalue weighted by Crippen LogP contribution is -2.44. The van der Waals surface area contributed by atoms with E-state index in [0.717, 1.165) is 4.90 Å². The fourth-order valence-corrected chi connectivity index (χ4v) is 2.04. The van der Waals surface area contributed by atoms with Gasteiger partial charge in [0.1, 0.15) is 17.3 Å². The molecule has 1 atom stereocenters. The molecule has 0 saturated heterocycles. The second-order valence-electron chi connectivity index (χ2n) is 4.46. The molecule has 6 nitrogen and oxygen atoms in total. The number of halogens is 2. The zero-order chi connectivity index (χ0) is 16.7. The minimum absolute atomic E-state index is 0.151.